The minimum absolute atomic E-state index is 0.282. The van der Waals surface area contributed by atoms with Crippen molar-refractivity contribution in [3.05, 3.63) is 41.7 Å². The van der Waals surface area contributed by atoms with Crippen molar-refractivity contribution in [3.8, 4) is 0 Å². The molecule has 1 N–H and O–H groups in total. The van der Waals surface area contributed by atoms with E-state index in [0.717, 1.165) is 0 Å². The second-order valence-corrected chi connectivity index (χ2v) is 3.71. The third kappa shape index (κ3) is 2.64. The van der Waals surface area contributed by atoms with Gasteiger partial charge in [0.05, 0.1) is 13.6 Å². The molecule has 16 heavy (non-hydrogen) atoms. The van der Waals surface area contributed by atoms with Crippen LogP contribution < -0.4 is 5.32 Å². The molecule has 0 bridgehead atoms. The summed E-state index contributed by atoms with van der Waals surface area (Å²) in [5, 5.41) is 15.2. The van der Waals surface area contributed by atoms with Gasteiger partial charge in [0.2, 0.25) is 0 Å². The summed E-state index contributed by atoms with van der Waals surface area (Å²) in [6, 6.07) is 10.6. The Hall–Kier alpha value is -1.75. The number of nitrogens with one attached hydrogen (secondary N) is 1. The normalized spacial score (nSPS) is 12.6. The van der Waals surface area contributed by atoms with Crippen LogP contribution in [0.3, 0.4) is 0 Å². The van der Waals surface area contributed by atoms with E-state index in [1.165, 1.54) is 10.4 Å². The number of aromatic nitrogens is 4. The highest BCUT2D eigenvalue weighted by Gasteiger charge is 2.06. The highest BCUT2D eigenvalue weighted by Crippen LogP contribution is 2.11. The van der Waals surface area contributed by atoms with Gasteiger partial charge in [0.25, 0.3) is 0 Å². The first-order chi connectivity index (χ1) is 7.75. The molecule has 0 aliphatic heterocycles. The van der Waals surface area contributed by atoms with Gasteiger partial charge in [-0.2, -0.15) is 4.80 Å². The molecule has 0 aliphatic carbocycles. The molecule has 0 fully saturated rings. The highest BCUT2D eigenvalue weighted by atomic mass is 15.6. The molecule has 84 valence electrons. The minimum atomic E-state index is 0.282. The first-order valence-corrected chi connectivity index (χ1v) is 5.27. The molecule has 2 aromatic rings. The third-order valence-electron chi connectivity index (χ3n) is 2.42. The first-order valence-electron chi connectivity index (χ1n) is 5.27. The zero-order chi connectivity index (χ0) is 11.4. The van der Waals surface area contributed by atoms with Gasteiger partial charge in [-0.25, -0.2) is 0 Å². The Kier molecular flexibility index (Phi) is 3.26. The summed E-state index contributed by atoms with van der Waals surface area (Å²) < 4.78 is 0. The maximum Gasteiger partial charge on any atom is 0.188 e. The van der Waals surface area contributed by atoms with E-state index in [0.29, 0.717) is 12.4 Å². The molecule has 0 saturated carbocycles. The maximum atomic E-state index is 4.11. The number of nitrogens with zero attached hydrogens (tertiary/aromatic N) is 4. The molecule has 1 heterocycles. The van der Waals surface area contributed by atoms with Crippen LogP contribution in [-0.2, 0) is 13.6 Å². The van der Waals surface area contributed by atoms with Gasteiger partial charge in [-0.15, -0.1) is 10.2 Å². The lowest BCUT2D eigenvalue weighted by Gasteiger charge is -2.12. The van der Waals surface area contributed by atoms with Gasteiger partial charge < -0.3 is 5.32 Å². The van der Waals surface area contributed by atoms with E-state index in [2.05, 4.69) is 39.8 Å². The fraction of sp³-hybridized carbons (Fsp3) is 0.364. The van der Waals surface area contributed by atoms with E-state index < -0.39 is 0 Å². The molecule has 1 aromatic carbocycles. The molecule has 0 amide bonds. The lowest BCUT2D eigenvalue weighted by atomic mass is 10.1. The van der Waals surface area contributed by atoms with Crippen LogP contribution in [0.15, 0.2) is 30.3 Å². The monoisotopic (exact) mass is 217 g/mol. The van der Waals surface area contributed by atoms with Gasteiger partial charge in [-0.05, 0) is 17.7 Å². The van der Waals surface area contributed by atoms with Crippen molar-refractivity contribution < 1.29 is 0 Å². The predicted molar refractivity (Wildman–Crippen MR) is 60.5 cm³/mol. The van der Waals surface area contributed by atoms with Gasteiger partial charge in [-0.1, -0.05) is 30.3 Å². The maximum absolute atomic E-state index is 4.11. The van der Waals surface area contributed by atoms with E-state index in [1.807, 2.05) is 18.2 Å². The number of hydrogen-bond acceptors (Lipinski definition) is 4. The van der Waals surface area contributed by atoms with Crippen molar-refractivity contribution in [2.75, 3.05) is 0 Å². The zero-order valence-electron chi connectivity index (χ0n) is 9.46. The largest absolute Gasteiger partial charge is 0.303 e. The van der Waals surface area contributed by atoms with Gasteiger partial charge >= 0.3 is 0 Å². The summed E-state index contributed by atoms with van der Waals surface area (Å²) in [5.74, 6) is 0.713. The molecule has 0 unspecified atom stereocenters. The molecule has 0 aliphatic rings. The average molecular weight is 217 g/mol. The number of tetrazole rings is 1. The summed E-state index contributed by atoms with van der Waals surface area (Å²) in [6.45, 7) is 2.75. The van der Waals surface area contributed by atoms with Crippen LogP contribution in [0.25, 0.3) is 0 Å². The molecule has 1 aromatic heterocycles. The summed E-state index contributed by atoms with van der Waals surface area (Å²) in [6.07, 6.45) is 0. The van der Waals surface area contributed by atoms with E-state index >= 15 is 0 Å². The first kappa shape index (κ1) is 10.8. The lowest BCUT2D eigenvalue weighted by molar-refractivity contribution is 0.555. The topological polar surface area (TPSA) is 55.6 Å². The Labute approximate surface area is 94.5 Å². The summed E-state index contributed by atoms with van der Waals surface area (Å²) in [7, 11) is 1.76. The van der Waals surface area contributed by atoms with Crippen LogP contribution in [0.1, 0.15) is 24.4 Å². The van der Waals surface area contributed by atoms with Crippen molar-refractivity contribution in [2.45, 2.75) is 19.5 Å². The zero-order valence-corrected chi connectivity index (χ0v) is 9.46. The van der Waals surface area contributed by atoms with Crippen LogP contribution in [0.5, 0.6) is 0 Å². The molecule has 5 nitrogen and oxygen atoms in total. The summed E-state index contributed by atoms with van der Waals surface area (Å²) in [5.41, 5.74) is 1.26. The van der Waals surface area contributed by atoms with Gasteiger partial charge in [0.1, 0.15) is 0 Å². The van der Waals surface area contributed by atoms with E-state index in [1.54, 1.807) is 7.05 Å². The van der Waals surface area contributed by atoms with Gasteiger partial charge in [-0.3, -0.25) is 0 Å². The van der Waals surface area contributed by atoms with Crippen LogP contribution in [0.2, 0.25) is 0 Å². The van der Waals surface area contributed by atoms with Crippen molar-refractivity contribution in [2.24, 2.45) is 7.05 Å². The Morgan fingerprint density at radius 1 is 1.31 bits per heavy atom. The van der Waals surface area contributed by atoms with Crippen LogP contribution in [0, 0.1) is 0 Å². The van der Waals surface area contributed by atoms with Gasteiger partial charge in [0.15, 0.2) is 5.82 Å². The molecule has 0 radical (unpaired) electrons. The Morgan fingerprint density at radius 2 is 2.06 bits per heavy atom. The highest BCUT2D eigenvalue weighted by molar-refractivity contribution is 5.17. The Bertz CT molecular complexity index is 437. The minimum Gasteiger partial charge on any atom is -0.303 e. The quantitative estimate of drug-likeness (QED) is 0.832. The SMILES string of the molecule is C[C@H](NCc1nnn(C)n1)c1ccccc1. The standard InChI is InChI=1S/C11H15N5/c1-9(10-6-4-3-5-7-10)12-8-11-13-15-16(2)14-11/h3-7,9,12H,8H2,1-2H3/t9-/m0/s1. The molecule has 2 rings (SSSR count). The fourth-order valence-corrected chi connectivity index (χ4v) is 1.50. The predicted octanol–water partition coefficient (Wildman–Crippen LogP) is 1.06. The Balaban J connectivity index is 1.91. The summed E-state index contributed by atoms with van der Waals surface area (Å²) in [4.78, 5) is 1.46. The number of hydrogen-bond donors (Lipinski definition) is 1. The van der Waals surface area contributed by atoms with Crippen LogP contribution >= 0.6 is 0 Å². The van der Waals surface area contributed by atoms with Crippen LogP contribution in [0.4, 0.5) is 0 Å². The van der Waals surface area contributed by atoms with Crippen molar-refractivity contribution in [3.63, 3.8) is 0 Å². The van der Waals surface area contributed by atoms with E-state index in [-0.39, 0.29) is 6.04 Å². The van der Waals surface area contributed by atoms with Gasteiger partial charge in [0, 0.05) is 6.04 Å². The molecule has 0 saturated heterocycles. The molecule has 0 spiro atoms. The molecular formula is C11H15N5. The van der Waals surface area contributed by atoms with Crippen molar-refractivity contribution in [1.82, 2.24) is 25.5 Å². The van der Waals surface area contributed by atoms with Crippen molar-refractivity contribution >= 4 is 0 Å². The molecular weight excluding hydrogens is 202 g/mol. The second kappa shape index (κ2) is 4.85. The smallest absolute Gasteiger partial charge is 0.188 e. The second-order valence-electron chi connectivity index (χ2n) is 3.71. The average Bonchev–Trinajstić information content (AvgIpc) is 2.73. The van der Waals surface area contributed by atoms with Crippen molar-refractivity contribution in [1.29, 1.82) is 0 Å². The number of aryl methyl sites for hydroxylation is 1. The molecule has 5 heteroatoms. The summed E-state index contributed by atoms with van der Waals surface area (Å²) >= 11 is 0. The van der Waals surface area contributed by atoms with E-state index in [9.17, 15) is 0 Å². The number of benzene rings is 1. The fourth-order valence-electron chi connectivity index (χ4n) is 1.50. The Morgan fingerprint density at radius 3 is 2.69 bits per heavy atom. The lowest BCUT2D eigenvalue weighted by Crippen LogP contribution is -2.18. The molecule has 1 atom stereocenters. The van der Waals surface area contributed by atoms with E-state index in [4.69, 9.17) is 0 Å². The third-order valence-corrected chi connectivity index (χ3v) is 2.42. The van der Waals surface area contributed by atoms with Crippen LogP contribution in [-0.4, -0.2) is 20.2 Å². The number of rotatable bonds is 4.